The van der Waals surface area contributed by atoms with Crippen LogP contribution in [-0.4, -0.2) is 14.9 Å². The van der Waals surface area contributed by atoms with E-state index in [0.717, 1.165) is 0 Å². The summed E-state index contributed by atoms with van der Waals surface area (Å²) in [4.78, 5) is 25.6. The fourth-order valence-electron chi connectivity index (χ4n) is 0.832. The van der Waals surface area contributed by atoms with Crippen LogP contribution in [0.5, 0.6) is 0 Å². The second-order valence-electron chi connectivity index (χ2n) is 2.16. The zero-order valence-electron chi connectivity index (χ0n) is 6.20. The summed E-state index contributed by atoms with van der Waals surface area (Å²) in [6.45, 7) is 1.39. The fraction of sp³-hybridized carbons (Fsp3) is 0.200. The number of aryl methyl sites for hydroxylation is 1. The Bertz CT molecular complexity index is 357. The van der Waals surface area contributed by atoms with Crippen LogP contribution in [0, 0.1) is 17.0 Å². The van der Waals surface area contributed by atoms with Crippen LogP contribution in [0.3, 0.4) is 0 Å². The predicted molar refractivity (Wildman–Crippen MR) is 40.7 cm³/mol. The Kier molecular flexibility index (Phi) is 1.78. The van der Waals surface area contributed by atoms with Crippen molar-refractivity contribution in [3.8, 4) is 0 Å². The van der Waals surface area contributed by atoms with Crippen LogP contribution in [0.4, 0.5) is 11.5 Å². The van der Waals surface area contributed by atoms with E-state index >= 15 is 0 Å². The van der Waals surface area contributed by atoms with Crippen LogP contribution in [-0.2, 0) is 0 Å². The quantitative estimate of drug-likeness (QED) is 0.438. The Balaban J connectivity index is 3.48. The number of aromatic amines is 1. The first-order chi connectivity index (χ1) is 5.52. The van der Waals surface area contributed by atoms with Gasteiger partial charge in [0.25, 0.3) is 0 Å². The summed E-state index contributed by atoms with van der Waals surface area (Å²) in [5, 5.41) is 10.3. The van der Waals surface area contributed by atoms with Gasteiger partial charge in [0, 0.05) is 0 Å². The molecule has 1 aromatic rings. The minimum absolute atomic E-state index is 0.109. The Morgan fingerprint density at radius 2 is 2.25 bits per heavy atom. The maximum absolute atomic E-state index is 10.6. The van der Waals surface area contributed by atoms with Crippen LogP contribution >= 0.6 is 0 Å². The SMILES string of the molecule is Cc1[nH]c(=O)nc(N)c1[N+](=O)[O-]. The van der Waals surface area contributed by atoms with Crippen LogP contribution in [0.1, 0.15) is 5.69 Å². The number of nitrogens with one attached hydrogen (secondary N) is 1. The van der Waals surface area contributed by atoms with Crippen LogP contribution in [0.25, 0.3) is 0 Å². The lowest BCUT2D eigenvalue weighted by molar-refractivity contribution is -0.385. The molecular formula is C5H6N4O3. The van der Waals surface area contributed by atoms with E-state index in [1.807, 2.05) is 0 Å². The van der Waals surface area contributed by atoms with Crippen LogP contribution in [0.15, 0.2) is 4.79 Å². The number of nitrogens with zero attached hydrogens (tertiary/aromatic N) is 2. The minimum atomic E-state index is -0.687. The smallest absolute Gasteiger partial charge is 0.347 e. The highest BCUT2D eigenvalue weighted by molar-refractivity contribution is 5.53. The lowest BCUT2D eigenvalue weighted by atomic mass is 10.3. The average molecular weight is 170 g/mol. The summed E-state index contributed by atoms with van der Waals surface area (Å²) in [6.07, 6.45) is 0. The van der Waals surface area contributed by atoms with Gasteiger partial charge in [-0.1, -0.05) is 0 Å². The molecule has 1 heterocycles. The zero-order chi connectivity index (χ0) is 9.30. The highest BCUT2D eigenvalue weighted by Gasteiger charge is 2.17. The van der Waals surface area contributed by atoms with Gasteiger partial charge in [-0.05, 0) is 6.92 Å². The Morgan fingerprint density at radius 1 is 1.67 bits per heavy atom. The van der Waals surface area contributed by atoms with Gasteiger partial charge in [-0.2, -0.15) is 4.98 Å². The standard InChI is InChI=1S/C5H6N4O3/c1-2-3(9(11)12)4(6)8-5(10)7-2/h1H3,(H3,6,7,8,10). The third-order valence-electron chi connectivity index (χ3n) is 1.30. The molecule has 0 atom stereocenters. The largest absolute Gasteiger partial charge is 0.378 e. The lowest BCUT2D eigenvalue weighted by Gasteiger charge is -1.97. The Morgan fingerprint density at radius 3 is 2.67 bits per heavy atom. The van der Waals surface area contributed by atoms with Crippen molar-refractivity contribution >= 4 is 11.5 Å². The number of nitro groups is 1. The molecule has 0 bridgehead atoms. The van der Waals surface area contributed by atoms with Crippen molar-refractivity contribution in [1.29, 1.82) is 0 Å². The molecule has 0 aliphatic heterocycles. The summed E-state index contributed by atoms with van der Waals surface area (Å²) in [7, 11) is 0. The molecule has 0 saturated carbocycles. The molecule has 12 heavy (non-hydrogen) atoms. The van der Waals surface area contributed by atoms with E-state index < -0.39 is 10.6 Å². The topological polar surface area (TPSA) is 115 Å². The molecule has 64 valence electrons. The summed E-state index contributed by atoms with van der Waals surface area (Å²) in [5.41, 5.74) is 4.22. The normalized spacial score (nSPS) is 9.75. The third kappa shape index (κ3) is 1.24. The van der Waals surface area contributed by atoms with Gasteiger partial charge in [0.05, 0.1) is 10.6 Å². The molecule has 7 nitrogen and oxygen atoms in total. The highest BCUT2D eigenvalue weighted by atomic mass is 16.6. The molecule has 7 heteroatoms. The van der Waals surface area contributed by atoms with Crippen LogP contribution in [0.2, 0.25) is 0 Å². The van der Waals surface area contributed by atoms with Gasteiger partial charge in [0.1, 0.15) is 0 Å². The number of hydrogen-bond acceptors (Lipinski definition) is 5. The third-order valence-corrected chi connectivity index (χ3v) is 1.30. The van der Waals surface area contributed by atoms with Crippen molar-refractivity contribution in [1.82, 2.24) is 9.97 Å². The molecule has 0 unspecified atom stereocenters. The van der Waals surface area contributed by atoms with Gasteiger partial charge >= 0.3 is 11.4 Å². The zero-order valence-corrected chi connectivity index (χ0v) is 6.20. The van der Waals surface area contributed by atoms with Crippen molar-refractivity contribution in [2.24, 2.45) is 0 Å². The summed E-state index contributed by atoms with van der Waals surface area (Å²) in [6, 6.07) is 0. The first-order valence-electron chi connectivity index (χ1n) is 3.03. The van der Waals surface area contributed by atoms with Gasteiger partial charge in [0.2, 0.25) is 5.82 Å². The van der Waals surface area contributed by atoms with Crippen molar-refractivity contribution in [3.05, 3.63) is 26.3 Å². The van der Waals surface area contributed by atoms with Crippen molar-refractivity contribution in [2.75, 3.05) is 5.73 Å². The number of rotatable bonds is 1. The van der Waals surface area contributed by atoms with Gasteiger partial charge in [0.15, 0.2) is 0 Å². The number of aromatic nitrogens is 2. The number of anilines is 1. The maximum Gasteiger partial charge on any atom is 0.347 e. The lowest BCUT2D eigenvalue weighted by Crippen LogP contribution is -2.16. The van der Waals surface area contributed by atoms with Crippen LogP contribution < -0.4 is 11.4 Å². The molecule has 0 spiro atoms. The molecule has 0 radical (unpaired) electrons. The van der Waals surface area contributed by atoms with Crippen molar-refractivity contribution < 1.29 is 4.92 Å². The molecule has 0 aliphatic rings. The van der Waals surface area contributed by atoms with Gasteiger partial charge in [-0.25, -0.2) is 4.79 Å². The average Bonchev–Trinajstić information content (AvgIpc) is 1.82. The minimum Gasteiger partial charge on any atom is -0.378 e. The van der Waals surface area contributed by atoms with E-state index in [1.165, 1.54) is 6.92 Å². The second-order valence-corrected chi connectivity index (χ2v) is 2.16. The van der Waals surface area contributed by atoms with E-state index in [1.54, 1.807) is 0 Å². The Hall–Kier alpha value is -1.92. The molecule has 1 aromatic heterocycles. The number of H-pyrrole nitrogens is 1. The molecule has 0 aromatic carbocycles. The van der Waals surface area contributed by atoms with Crippen molar-refractivity contribution in [2.45, 2.75) is 6.92 Å². The molecule has 0 amide bonds. The van der Waals surface area contributed by atoms with E-state index in [-0.39, 0.29) is 17.2 Å². The first kappa shape index (κ1) is 8.18. The predicted octanol–water partition coefficient (Wildman–Crippen LogP) is -0.431. The molecule has 0 fully saturated rings. The second kappa shape index (κ2) is 2.61. The first-order valence-corrected chi connectivity index (χ1v) is 3.03. The van der Waals surface area contributed by atoms with Gasteiger partial charge in [-0.3, -0.25) is 10.1 Å². The van der Waals surface area contributed by atoms with E-state index in [9.17, 15) is 14.9 Å². The van der Waals surface area contributed by atoms with E-state index in [4.69, 9.17) is 5.73 Å². The summed E-state index contributed by atoms with van der Waals surface area (Å²) < 4.78 is 0. The monoisotopic (exact) mass is 170 g/mol. The Labute approximate surface area is 66.4 Å². The molecular weight excluding hydrogens is 164 g/mol. The summed E-state index contributed by atoms with van der Waals surface area (Å²) >= 11 is 0. The fourth-order valence-corrected chi connectivity index (χ4v) is 0.832. The number of hydrogen-bond donors (Lipinski definition) is 2. The van der Waals surface area contributed by atoms with Gasteiger partial charge < -0.3 is 10.7 Å². The molecule has 3 N–H and O–H groups in total. The summed E-state index contributed by atoms with van der Waals surface area (Å²) in [5.74, 6) is -0.360. The van der Waals surface area contributed by atoms with E-state index in [0.29, 0.717) is 0 Å². The molecule has 0 saturated heterocycles. The maximum atomic E-state index is 10.6. The van der Waals surface area contributed by atoms with Crippen molar-refractivity contribution in [3.63, 3.8) is 0 Å². The van der Waals surface area contributed by atoms with Gasteiger partial charge in [-0.15, -0.1) is 0 Å². The molecule has 0 aliphatic carbocycles. The highest BCUT2D eigenvalue weighted by Crippen LogP contribution is 2.18. The number of nitrogen functional groups attached to an aromatic ring is 1. The number of nitrogens with two attached hydrogens (primary N) is 1. The molecule has 1 rings (SSSR count). The van der Waals surface area contributed by atoms with E-state index in [2.05, 4.69) is 9.97 Å².